The summed E-state index contributed by atoms with van der Waals surface area (Å²) in [7, 11) is 0. The van der Waals surface area contributed by atoms with E-state index in [0.29, 0.717) is 16.6 Å². The van der Waals surface area contributed by atoms with Crippen molar-refractivity contribution in [1.82, 2.24) is 0 Å². The molecular weight excluding hydrogens is 218 g/mol. The fourth-order valence-electron chi connectivity index (χ4n) is 0.930. The summed E-state index contributed by atoms with van der Waals surface area (Å²) in [6.07, 6.45) is -0.205. The Morgan fingerprint density at radius 3 is 2.93 bits per heavy atom. The van der Waals surface area contributed by atoms with Gasteiger partial charge in [0.15, 0.2) is 0 Å². The van der Waals surface area contributed by atoms with E-state index < -0.39 is 0 Å². The molecule has 0 aromatic heterocycles. The first kappa shape index (κ1) is 11.4. The quantitative estimate of drug-likeness (QED) is 0.806. The Labute approximate surface area is 94.0 Å². The van der Waals surface area contributed by atoms with Crippen LogP contribution in [0, 0.1) is 0 Å². The van der Waals surface area contributed by atoms with Gasteiger partial charge in [-0.15, -0.1) is 0 Å². The first-order valence-electron chi connectivity index (χ1n) is 4.25. The van der Waals surface area contributed by atoms with Crippen molar-refractivity contribution in [3.8, 4) is 0 Å². The molecule has 0 aliphatic carbocycles. The van der Waals surface area contributed by atoms with Gasteiger partial charge >= 0.3 is 0 Å². The van der Waals surface area contributed by atoms with Crippen molar-refractivity contribution in [2.24, 2.45) is 5.73 Å². The standard InChI is InChI=1S/C10H12ClNOS/c1-7(10(12)14)13-6-8-3-2-4-9(11)5-8/h2-5,7H,6H2,1H3,(H2,12,14). The summed E-state index contributed by atoms with van der Waals surface area (Å²) in [6.45, 7) is 2.30. The second-order valence-electron chi connectivity index (χ2n) is 2.99. The number of rotatable bonds is 4. The molecule has 14 heavy (non-hydrogen) atoms. The predicted octanol–water partition coefficient (Wildman–Crippen LogP) is 2.53. The maximum Gasteiger partial charge on any atom is 0.105 e. The SMILES string of the molecule is CC(OCc1cccc(Cl)c1)C(N)=S. The van der Waals surface area contributed by atoms with Gasteiger partial charge in [0.05, 0.1) is 6.61 Å². The maximum atomic E-state index is 5.82. The van der Waals surface area contributed by atoms with Crippen LogP contribution in [0.2, 0.25) is 5.02 Å². The molecule has 2 nitrogen and oxygen atoms in total. The Morgan fingerprint density at radius 2 is 2.36 bits per heavy atom. The van der Waals surface area contributed by atoms with Crippen LogP contribution in [0.5, 0.6) is 0 Å². The van der Waals surface area contributed by atoms with Gasteiger partial charge in [-0.25, -0.2) is 0 Å². The average molecular weight is 230 g/mol. The molecule has 1 aromatic rings. The highest BCUT2D eigenvalue weighted by atomic mass is 35.5. The van der Waals surface area contributed by atoms with E-state index in [1.807, 2.05) is 31.2 Å². The number of ether oxygens (including phenoxy) is 1. The maximum absolute atomic E-state index is 5.82. The smallest absolute Gasteiger partial charge is 0.105 e. The van der Waals surface area contributed by atoms with Crippen molar-refractivity contribution in [2.45, 2.75) is 19.6 Å². The molecule has 1 atom stereocenters. The van der Waals surface area contributed by atoms with E-state index in [-0.39, 0.29) is 6.10 Å². The Morgan fingerprint density at radius 1 is 1.64 bits per heavy atom. The lowest BCUT2D eigenvalue weighted by Crippen LogP contribution is -2.26. The van der Waals surface area contributed by atoms with Crippen molar-refractivity contribution < 1.29 is 4.74 Å². The third kappa shape index (κ3) is 3.62. The monoisotopic (exact) mass is 229 g/mol. The van der Waals surface area contributed by atoms with Crippen LogP contribution in [0.4, 0.5) is 0 Å². The summed E-state index contributed by atoms with van der Waals surface area (Å²) in [6, 6.07) is 7.50. The summed E-state index contributed by atoms with van der Waals surface area (Å²) in [5.74, 6) is 0. The van der Waals surface area contributed by atoms with E-state index in [2.05, 4.69) is 0 Å². The molecule has 0 radical (unpaired) electrons. The van der Waals surface area contributed by atoms with Gasteiger partial charge in [0.1, 0.15) is 11.1 Å². The first-order valence-corrected chi connectivity index (χ1v) is 5.03. The number of hydrogen-bond acceptors (Lipinski definition) is 2. The topological polar surface area (TPSA) is 35.2 Å². The van der Waals surface area contributed by atoms with Gasteiger partial charge in [-0.05, 0) is 24.6 Å². The number of halogens is 1. The average Bonchev–Trinajstić information content (AvgIpc) is 2.14. The summed E-state index contributed by atoms with van der Waals surface area (Å²) >= 11 is 10.6. The number of nitrogens with two attached hydrogens (primary N) is 1. The van der Waals surface area contributed by atoms with E-state index in [9.17, 15) is 0 Å². The summed E-state index contributed by atoms with van der Waals surface area (Å²) < 4.78 is 5.42. The third-order valence-corrected chi connectivity index (χ3v) is 2.36. The number of hydrogen-bond donors (Lipinski definition) is 1. The molecule has 76 valence electrons. The molecule has 0 amide bonds. The van der Waals surface area contributed by atoms with Gasteiger partial charge in [-0.3, -0.25) is 0 Å². The van der Waals surface area contributed by atoms with Crippen LogP contribution in [-0.4, -0.2) is 11.1 Å². The zero-order chi connectivity index (χ0) is 10.6. The van der Waals surface area contributed by atoms with E-state index >= 15 is 0 Å². The Bertz CT molecular complexity index is 330. The van der Waals surface area contributed by atoms with Gasteiger partial charge in [-0.1, -0.05) is 36.0 Å². The lowest BCUT2D eigenvalue weighted by molar-refractivity contribution is 0.0969. The van der Waals surface area contributed by atoms with Crippen LogP contribution in [0.3, 0.4) is 0 Å². The van der Waals surface area contributed by atoms with Crippen molar-refractivity contribution in [3.63, 3.8) is 0 Å². The summed E-state index contributed by atoms with van der Waals surface area (Å²) in [4.78, 5) is 0.368. The van der Waals surface area contributed by atoms with Gasteiger partial charge in [0.25, 0.3) is 0 Å². The van der Waals surface area contributed by atoms with E-state index in [1.165, 1.54) is 0 Å². The molecule has 0 saturated heterocycles. The Balaban J connectivity index is 2.49. The normalized spacial score (nSPS) is 12.4. The molecule has 4 heteroatoms. The molecule has 0 aliphatic heterocycles. The minimum atomic E-state index is -0.205. The number of benzene rings is 1. The Hall–Kier alpha value is -0.640. The van der Waals surface area contributed by atoms with Crippen LogP contribution in [-0.2, 0) is 11.3 Å². The highest BCUT2D eigenvalue weighted by molar-refractivity contribution is 7.80. The van der Waals surface area contributed by atoms with Gasteiger partial charge in [-0.2, -0.15) is 0 Å². The predicted molar refractivity (Wildman–Crippen MR) is 62.5 cm³/mol. The van der Waals surface area contributed by atoms with E-state index in [0.717, 1.165) is 5.56 Å². The zero-order valence-corrected chi connectivity index (χ0v) is 9.44. The van der Waals surface area contributed by atoms with Crippen molar-refractivity contribution in [3.05, 3.63) is 34.9 Å². The fraction of sp³-hybridized carbons (Fsp3) is 0.300. The van der Waals surface area contributed by atoms with E-state index in [4.69, 9.17) is 34.3 Å². The second-order valence-corrected chi connectivity index (χ2v) is 3.89. The highest BCUT2D eigenvalue weighted by Crippen LogP contribution is 2.12. The number of thiocarbonyl (C=S) groups is 1. The fourth-order valence-corrected chi connectivity index (χ4v) is 1.21. The Kier molecular flexibility index (Phi) is 4.32. The van der Waals surface area contributed by atoms with Gasteiger partial charge in [0, 0.05) is 5.02 Å². The van der Waals surface area contributed by atoms with Gasteiger partial charge in [0.2, 0.25) is 0 Å². The highest BCUT2D eigenvalue weighted by Gasteiger charge is 2.04. The van der Waals surface area contributed by atoms with Crippen LogP contribution in [0.25, 0.3) is 0 Å². The molecule has 0 saturated carbocycles. The van der Waals surface area contributed by atoms with Crippen molar-refractivity contribution >= 4 is 28.8 Å². The molecule has 1 aromatic carbocycles. The molecular formula is C10H12ClNOS. The third-order valence-electron chi connectivity index (χ3n) is 1.79. The summed E-state index contributed by atoms with van der Waals surface area (Å²) in [5, 5.41) is 0.703. The lowest BCUT2D eigenvalue weighted by Gasteiger charge is -2.11. The molecule has 1 rings (SSSR count). The first-order chi connectivity index (χ1) is 6.59. The van der Waals surface area contributed by atoms with Crippen LogP contribution < -0.4 is 5.73 Å². The molecule has 1 unspecified atom stereocenters. The lowest BCUT2D eigenvalue weighted by atomic mass is 10.2. The molecule has 0 aliphatic rings. The van der Waals surface area contributed by atoms with Crippen LogP contribution in [0.1, 0.15) is 12.5 Å². The minimum absolute atomic E-state index is 0.205. The molecule has 0 heterocycles. The van der Waals surface area contributed by atoms with E-state index in [1.54, 1.807) is 0 Å². The minimum Gasteiger partial charge on any atom is -0.391 e. The van der Waals surface area contributed by atoms with Gasteiger partial charge < -0.3 is 10.5 Å². The molecule has 0 bridgehead atoms. The van der Waals surface area contributed by atoms with Crippen molar-refractivity contribution in [2.75, 3.05) is 0 Å². The second kappa shape index (κ2) is 5.29. The van der Waals surface area contributed by atoms with Crippen LogP contribution in [0.15, 0.2) is 24.3 Å². The van der Waals surface area contributed by atoms with Crippen molar-refractivity contribution in [1.29, 1.82) is 0 Å². The molecule has 0 fully saturated rings. The molecule has 0 spiro atoms. The molecule has 2 N–H and O–H groups in total. The van der Waals surface area contributed by atoms with Crippen LogP contribution >= 0.6 is 23.8 Å². The summed E-state index contributed by atoms with van der Waals surface area (Å²) in [5.41, 5.74) is 6.42. The largest absolute Gasteiger partial charge is 0.391 e. The zero-order valence-electron chi connectivity index (χ0n) is 7.87.